The number of nitrogens with zero attached hydrogens (tertiary/aromatic N) is 2. The fraction of sp³-hybridized carbons (Fsp3) is 0.579. The SMILES string of the molecule is CCOC(=O)C1CCCN(C(=O)CN2CCc3ccccc3C2)C1. The standard InChI is InChI=1S/C19H26N2O3/c1-2-24-19(23)17-8-5-10-21(13-17)18(22)14-20-11-9-15-6-3-4-7-16(15)12-20/h3-4,6-7,17H,2,5,8-14H2,1H3. The summed E-state index contributed by atoms with van der Waals surface area (Å²) in [6.07, 6.45) is 2.69. The number of benzene rings is 1. The molecule has 0 bridgehead atoms. The maximum atomic E-state index is 12.6. The summed E-state index contributed by atoms with van der Waals surface area (Å²) >= 11 is 0. The van der Waals surface area contributed by atoms with Gasteiger partial charge in [0.25, 0.3) is 0 Å². The first-order valence-electron chi connectivity index (χ1n) is 8.91. The van der Waals surface area contributed by atoms with Crippen molar-refractivity contribution < 1.29 is 14.3 Å². The molecule has 0 aromatic heterocycles. The molecule has 0 N–H and O–H groups in total. The second-order valence-electron chi connectivity index (χ2n) is 6.66. The normalized spacial score (nSPS) is 21.2. The van der Waals surface area contributed by atoms with Gasteiger partial charge >= 0.3 is 5.97 Å². The zero-order valence-electron chi connectivity index (χ0n) is 14.4. The number of hydrogen-bond acceptors (Lipinski definition) is 4. The molecule has 130 valence electrons. The number of piperidine rings is 1. The van der Waals surface area contributed by atoms with Gasteiger partial charge in [-0.2, -0.15) is 0 Å². The summed E-state index contributed by atoms with van der Waals surface area (Å²) < 4.78 is 5.11. The van der Waals surface area contributed by atoms with Crippen molar-refractivity contribution in [3.05, 3.63) is 35.4 Å². The highest BCUT2D eigenvalue weighted by molar-refractivity contribution is 5.80. The van der Waals surface area contributed by atoms with E-state index in [1.165, 1.54) is 11.1 Å². The van der Waals surface area contributed by atoms with Crippen molar-refractivity contribution in [3.63, 3.8) is 0 Å². The van der Waals surface area contributed by atoms with Crippen LogP contribution in [-0.2, 0) is 27.3 Å². The lowest BCUT2D eigenvalue weighted by molar-refractivity contribution is -0.151. The van der Waals surface area contributed by atoms with Crippen LogP contribution >= 0.6 is 0 Å². The maximum Gasteiger partial charge on any atom is 0.310 e. The molecule has 2 heterocycles. The summed E-state index contributed by atoms with van der Waals surface area (Å²) in [5.41, 5.74) is 2.71. The fourth-order valence-electron chi connectivity index (χ4n) is 3.64. The van der Waals surface area contributed by atoms with Crippen LogP contribution in [0.25, 0.3) is 0 Å². The van der Waals surface area contributed by atoms with Gasteiger partial charge in [-0.3, -0.25) is 14.5 Å². The fourth-order valence-corrected chi connectivity index (χ4v) is 3.64. The molecule has 1 fully saturated rings. The average Bonchev–Trinajstić information content (AvgIpc) is 2.62. The van der Waals surface area contributed by atoms with Crippen LogP contribution in [0.2, 0.25) is 0 Å². The highest BCUT2D eigenvalue weighted by Crippen LogP contribution is 2.21. The quantitative estimate of drug-likeness (QED) is 0.791. The topological polar surface area (TPSA) is 49.9 Å². The van der Waals surface area contributed by atoms with Gasteiger partial charge < -0.3 is 9.64 Å². The summed E-state index contributed by atoms with van der Waals surface area (Å²) in [4.78, 5) is 28.6. The largest absolute Gasteiger partial charge is 0.466 e. The molecule has 24 heavy (non-hydrogen) atoms. The van der Waals surface area contributed by atoms with Crippen LogP contribution in [0, 0.1) is 5.92 Å². The zero-order valence-corrected chi connectivity index (χ0v) is 14.4. The van der Waals surface area contributed by atoms with Gasteiger partial charge in [0.05, 0.1) is 19.1 Å². The molecule has 0 saturated carbocycles. The van der Waals surface area contributed by atoms with E-state index in [-0.39, 0.29) is 17.8 Å². The molecule has 1 amide bonds. The number of likely N-dealkylation sites (tertiary alicyclic amines) is 1. The van der Waals surface area contributed by atoms with E-state index in [0.717, 1.165) is 38.9 Å². The Hall–Kier alpha value is -1.88. The predicted octanol–water partition coefficient (Wildman–Crippen LogP) is 1.85. The van der Waals surface area contributed by atoms with Gasteiger partial charge in [-0.25, -0.2) is 0 Å². The minimum atomic E-state index is -0.165. The molecule has 0 aliphatic carbocycles. The lowest BCUT2D eigenvalue weighted by atomic mass is 9.97. The first-order chi connectivity index (χ1) is 11.7. The summed E-state index contributed by atoms with van der Waals surface area (Å²) in [5, 5.41) is 0. The molecule has 0 radical (unpaired) electrons. The molecule has 2 aliphatic rings. The van der Waals surface area contributed by atoms with Gasteiger partial charge in [0, 0.05) is 26.2 Å². The Morgan fingerprint density at radius 3 is 2.79 bits per heavy atom. The van der Waals surface area contributed by atoms with Crippen LogP contribution in [0.15, 0.2) is 24.3 Å². The highest BCUT2D eigenvalue weighted by Gasteiger charge is 2.30. The van der Waals surface area contributed by atoms with Crippen LogP contribution in [-0.4, -0.2) is 54.5 Å². The van der Waals surface area contributed by atoms with Crippen molar-refractivity contribution in [1.29, 1.82) is 0 Å². The summed E-state index contributed by atoms with van der Waals surface area (Å²) in [6.45, 7) is 5.65. The first-order valence-corrected chi connectivity index (χ1v) is 8.91. The zero-order chi connectivity index (χ0) is 16.9. The average molecular weight is 330 g/mol. The summed E-state index contributed by atoms with van der Waals surface area (Å²) in [6, 6.07) is 8.44. The Labute approximate surface area is 143 Å². The van der Waals surface area contributed by atoms with Crippen molar-refractivity contribution in [1.82, 2.24) is 9.80 Å². The molecular weight excluding hydrogens is 304 g/mol. The molecule has 1 aromatic carbocycles. The third-order valence-corrected chi connectivity index (χ3v) is 4.96. The van der Waals surface area contributed by atoms with Crippen LogP contribution in [0.3, 0.4) is 0 Å². The van der Waals surface area contributed by atoms with Crippen LogP contribution in [0.1, 0.15) is 30.9 Å². The van der Waals surface area contributed by atoms with Gasteiger partial charge in [0.2, 0.25) is 5.91 Å². The molecule has 2 aliphatic heterocycles. The molecule has 1 aromatic rings. The number of esters is 1. The Balaban J connectivity index is 1.54. The van der Waals surface area contributed by atoms with Crippen molar-refractivity contribution in [2.45, 2.75) is 32.7 Å². The number of fused-ring (bicyclic) bond motifs is 1. The molecule has 0 spiro atoms. The van der Waals surface area contributed by atoms with E-state index < -0.39 is 0 Å². The van der Waals surface area contributed by atoms with Crippen molar-refractivity contribution in [2.75, 3.05) is 32.8 Å². The number of hydrogen-bond donors (Lipinski definition) is 0. The Kier molecular flexibility index (Phi) is 5.51. The molecule has 5 nitrogen and oxygen atoms in total. The monoisotopic (exact) mass is 330 g/mol. The number of carbonyl (C=O) groups excluding carboxylic acids is 2. The summed E-state index contributed by atoms with van der Waals surface area (Å²) in [7, 11) is 0. The van der Waals surface area contributed by atoms with Gasteiger partial charge in [-0.1, -0.05) is 24.3 Å². The minimum absolute atomic E-state index is 0.128. The van der Waals surface area contributed by atoms with E-state index in [2.05, 4.69) is 29.2 Å². The van der Waals surface area contributed by atoms with Crippen LogP contribution in [0.5, 0.6) is 0 Å². The van der Waals surface area contributed by atoms with E-state index >= 15 is 0 Å². The third kappa shape index (κ3) is 3.96. The number of carbonyl (C=O) groups is 2. The molecule has 3 rings (SSSR count). The van der Waals surface area contributed by atoms with Gasteiger partial charge in [0.1, 0.15) is 0 Å². The highest BCUT2D eigenvalue weighted by atomic mass is 16.5. The molecule has 1 unspecified atom stereocenters. The number of ether oxygens (including phenoxy) is 1. The molecule has 1 atom stereocenters. The Morgan fingerprint density at radius 1 is 1.21 bits per heavy atom. The lowest BCUT2D eigenvalue weighted by Crippen LogP contribution is -2.47. The molecule has 5 heteroatoms. The van der Waals surface area contributed by atoms with E-state index in [1.807, 2.05) is 11.8 Å². The van der Waals surface area contributed by atoms with Crippen molar-refractivity contribution >= 4 is 11.9 Å². The number of amides is 1. The van der Waals surface area contributed by atoms with E-state index in [4.69, 9.17) is 4.74 Å². The predicted molar refractivity (Wildman–Crippen MR) is 91.4 cm³/mol. The summed E-state index contributed by atoms with van der Waals surface area (Å²) in [5.74, 6) is -0.199. The van der Waals surface area contributed by atoms with Gasteiger partial charge in [-0.15, -0.1) is 0 Å². The van der Waals surface area contributed by atoms with Crippen LogP contribution < -0.4 is 0 Å². The van der Waals surface area contributed by atoms with E-state index in [9.17, 15) is 9.59 Å². The Bertz CT molecular complexity index is 602. The Morgan fingerprint density at radius 2 is 2.00 bits per heavy atom. The van der Waals surface area contributed by atoms with Gasteiger partial charge in [-0.05, 0) is 37.3 Å². The molecule has 1 saturated heterocycles. The number of rotatable bonds is 4. The second kappa shape index (κ2) is 7.79. The van der Waals surface area contributed by atoms with Crippen molar-refractivity contribution in [3.8, 4) is 0 Å². The van der Waals surface area contributed by atoms with Crippen LogP contribution in [0.4, 0.5) is 0 Å². The second-order valence-corrected chi connectivity index (χ2v) is 6.66. The first kappa shape index (κ1) is 17.0. The lowest BCUT2D eigenvalue weighted by Gasteiger charge is -2.34. The maximum absolute atomic E-state index is 12.6. The molecular formula is C19H26N2O3. The van der Waals surface area contributed by atoms with E-state index in [0.29, 0.717) is 19.7 Å². The van der Waals surface area contributed by atoms with Gasteiger partial charge in [0.15, 0.2) is 0 Å². The smallest absolute Gasteiger partial charge is 0.310 e. The third-order valence-electron chi connectivity index (χ3n) is 4.96. The van der Waals surface area contributed by atoms with E-state index in [1.54, 1.807) is 0 Å². The van der Waals surface area contributed by atoms with Crippen molar-refractivity contribution in [2.24, 2.45) is 5.92 Å². The minimum Gasteiger partial charge on any atom is -0.466 e.